The van der Waals surface area contributed by atoms with Gasteiger partial charge in [-0.2, -0.15) is 10.2 Å². The molecule has 0 aliphatic carbocycles. The van der Waals surface area contributed by atoms with Crippen molar-refractivity contribution in [1.29, 1.82) is 0 Å². The van der Waals surface area contributed by atoms with Crippen LogP contribution in [0.2, 0.25) is 0 Å². The van der Waals surface area contributed by atoms with E-state index in [0.29, 0.717) is 0 Å². The van der Waals surface area contributed by atoms with Gasteiger partial charge < -0.3 is 4.98 Å². The predicted octanol–water partition coefficient (Wildman–Crippen LogP) is 5.57. The molecule has 0 fully saturated rings. The fourth-order valence-corrected chi connectivity index (χ4v) is 4.50. The molecular formula is C21H21N3S. The molecule has 2 aromatic carbocycles. The first-order chi connectivity index (χ1) is 12.0. The molecule has 2 heterocycles. The van der Waals surface area contributed by atoms with Crippen molar-refractivity contribution in [2.75, 3.05) is 0 Å². The summed E-state index contributed by atoms with van der Waals surface area (Å²) in [7, 11) is 0. The van der Waals surface area contributed by atoms with Gasteiger partial charge >= 0.3 is 0 Å². The maximum Gasteiger partial charge on any atom is 0.0890 e. The first-order valence-corrected chi connectivity index (χ1v) is 9.30. The normalized spacial score (nSPS) is 18.1. The van der Waals surface area contributed by atoms with Crippen molar-refractivity contribution in [2.24, 2.45) is 10.2 Å². The molecule has 1 aromatic heterocycles. The van der Waals surface area contributed by atoms with E-state index in [9.17, 15) is 0 Å². The molecule has 3 aromatic rings. The van der Waals surface area contributed by atoms with E-state index in [1.54, 1.807) is 0 Å². The number of hydrogen-bond donors (Lipinski definition) is 1. The van der Waals surface area contributed by atoms with Crippen molar-refractivity contribution in [2.45, 2.75) is 36.8 Å². The highest BCUT2D eigenvalue weighted by Gasteiger charge is 2.33. The van der Waals surface area contributed by atoms with Gasteiger partial charge in [-0.1, -0.05) is 42.0 Å². The van der Waals surface area contributed by atoms with Crippen molar-refractivity contribution in [3.8, 4) is 0 Å². The molecule has 0 spiro atoms. The van der Waals surface area contributed by atoms with Gasteiger partial charge in [0.2, 0.25) is 0 Å². The molecule has 4 heteroatoms. The topological polar surface area (TPSA) is 40.5 Å². The van der Waals surface area contributed by atoms with Crippen molar-refractivity contribution in [1.82, 2.24) is 4.98 Å². The van der Waals surface area contributed by atoms with Crippen LogP contribution in [-0.2, 0) is 0 Å². The molecule has 126 valence electrons. The lowest BCUT2D eigenvalue weighted by Gasteiger charge is -2.29. The number of nitrogens with one attached hydrogen (secondary N) is 1. The van der Waals surface area contributed by atoms with Crippen molar-refractivity contribution in [3.05, 3.63) is 65.4 Å². The van der Waals surface area contributed by atoms with Gasteiger partial charge in [-0.3, -0.25) is 0 Å². The lowest BCUT2D eigenvalue weighted by molar-refractivity contribution is 0.737. The standard InChI is InChI=1S/C21H21N3S/c1-14-9-10-17-16(11-14)20-19(23-17)18(12-21(2,3)25-20)24-22-13-15-7-5-4-6-8-15/h4-11,13,23H,12H2,1-3H3/b22-13-,24-18+. The summed E-state index contributed by atoms with van der Waals surface area (Å²) in [5.74, 6) is 0. The minimum Gasteiger partial charge on any atom is -0.353 e. The molecule has 1 aliphatic rings. The lowest BCUT2D eigenvalue weighted by Crippen LogP contribution is -2.25. The Hall–Kier alpha value is -2.33. The second-order valence-corrected chi connectivity index (χ2v) is 8.84. The predicted molar refractivity (Wildman–Crippen MR) is 108 cm³/mol. The number of H-pyrrole nitrogens is 1. The number of aromatic amines is 1. The minimum atomic E-state index is 0.104. The summed E-state index contributed by atoms with van der Waals surface area (Å²) >= 11 is 1.93. The Morgan fingerprint density at radius 1 is 1.12 bits per heavy atom. The Morgan fingerprint density at radius 3 is 2.72 bits per heavy atom. The Bertz CT molecular complexity index is 981. The van der Waals surface area contributed by atoms with E-state index in [1.165, 1.54) is 21.4 Å². The quantitative estimate of drug-likeness (QED) is 0.477. The monoisotopic (exact) mass is 347 g/mol. The Balaban J connectivity index is 1.78. The van der Waals surface area contributed by atoms with Crippen LogP contribution in [0.25, 0.3) is 10.9 Å². The Morgan fingerprint density at radius 2 is 1.92 bits per heavy atom. The van der Waals surface area contributed by atoms with Gasteiger partial charge in [0.15, 0.2) is 0 Å². The van der Waals surface area contributed by atoms with Crippen LogP contribution in [0.15, 0.2) is 63.6 Å². The van der Waals surface area contributed by atoms with Gasteiger partial charge in [-0.05, 0) is 38.5 Å². The van der Waals surface area contributed by atoms with Crippen molar-refractivity contribution < 1.29 is 0 Å². The number of benzene rings is 2. The summed E-state index contributed by atoms with van der Waals surface area (Å²) in [5.41, 5.74) is 5.65. The van der Waals surface area contributed by atoms with Crippen LogP contribution in [0.5, 0.6) is 0 Å². The van der Waals surface area contributed by atoms with Crippen LogP contribution < -0.4 is 0 Å². The molecule has 3 nitrogen and oxygen atoms in total. The van der Waals surface area contributed by atoms with Crippen molar-refractivity contribution in [3.63, 3.8) is 0 Å². The average Bonchev–Trinajstić information content (AvgIpc) is 2.93. The molecule has 0 atom stereocenters. The highest BCUT2D eigenvalue weighted by molar-refractivity contribution is 8.01. The summed E-state index contributed by atoms with van der Waals surface area (Å²) in [6.07, 6.45) is 2.71. The number of thioether (sulfide) groups is 1. The van der Waals surface area contributed by atoms with Gasteiger partial charge in [-0.15, -0.1) is 11.8 Å². The zero-order valence-electron chi connectivity index (χ0n) is 14.7. The maximum atomic E-state index is 4.57. The summed E-state index contributed by atoms with van der Waals surface area (Å²) in [6, 6.07) is 16.6. The molecule has 0 bridgehead atoms. The summed E-state index contributed by atoms with van der Waals surface area (Å²) in [5, 5.41) is 10.2. The summed E-state index contributed by atoms with van der Waals surface area (Å²) in [4.78, 5) is 4.85. The molecule has 0 saturated carbocycles. The van der Waals surface area contributed by atoms with Crippen LogP contribution >= 0.6 is 11.8 Å². The molecule has 0 amide bonds. The second-order valence-electron chi connectivity index (χ2n) is 7.12. The third-order valence-corrected chi connectivity index (χ3v) is 5.68. The van der Waals surface area contributed by atoms with Crippen LogP contribution in [-0.4, -0.2) is 21.7 Å². The molecule has 0 radical (unpaired) electrons. The fraction of sp³-hybridized carbons (Fsp3) is 0.238. The van der Waals surface area contributed by atoms with Crippen LogP contribution in [0.1, 0.15) is 37.1 Å². The summed E-state index contributed by atoms with van der Waals surface area (Å²) in [6.45, 7) is 6.67. The van der Waals surface area contributed by atoms with E-state index in [1.807, 2.05) is 48.3 Å². The molecule has 4 rings (SSSR count). The van der Waals surface area contributed by atoms with E-state index in [4.69, 9.17) is 0 Å². The third-order valence-electron chi connectivity index (χ3n) is 4.35. The lowest BCUT2D eigenvalue weighted by atomic mass is 10.0. The Labute approximate surface area is 152 Å². The summed E-state index contributed by atoms with van der Waals surface area (Å²) < 4.78 is 0.104. The molecule has 25 heavy (non-hydrogen) atoms. The zero-order valence-corrected chi connectivity index (χ0v) is 15.5. The molecule has 0 unspecified atom stereocenters. The number of fused-ring (bicyclic) bond motifs is 3. The molecule has 1 aliphatic heterocycles. The number of aryl methyl sites for hydroxylation is 1. The van der Waals surface area contributed by atoms with Gasteiger partial charge in [-0.25, -0.2) is 0 Å². The third kappa shape index (κ3) is 3.27. The van der Waals surface area contributed by atoms with Crippen LogP contribution in [0, 0.1) is 6.92 Å². The van der Waals surface area contributed by atoms with E-state index in [0.717, 1.165) is 23.4 Å². The van der Waals surface area contributed by atoms with Gasteiger partial charge in [0, 0.05) is 27.0 Å². The van der Waals surface area contributed by atoms with Gasteiger partial charge in [0.1, 0.15) is 0 Å². The fourth-order valence-electron chi connectivity index (χ4n) is 3.18. The minimum absolute atomic E-state index is 0.104. The van der Waals surface area contributed by atoms with Gasteiger partial charge in [0.05, 0.1) is 17.6 Å². The molecular weight excluding hydrogens is 326 g/mol. The molecule has 0 saturated heterocycles. The SMILES string of the molecule is Cc1ccc2[nH]c3c(c2c1)SC(C)(C)C/C3=N\N=C/c1ccccc1. The van der Waals surface area contributed by atoms with E-state index in [-0.39, 0.29) is 4.75 Å². The first kappa shape index (κ1) is 16.2. The maximum absolute atomic E-state index is 4.57. The second kappa shape index (κ2) is 6.19. The Kier molecular flexibility index (Phi) is 4.00. The van der Waals surface area contributed by atoms with E-state index in [2.05, 4.69) is 54.2 Å². The van der Waals surface area contributed by atoms with E-state index < -0.39 is 0 Å². The van der Waals surface area contributed by atoms with Crippen molar-refractivity contribution >= 4 is 34.6 Å². The highest BCUT2D eigenvalue weighted by Crippen LogP contribution is 2.46. The number of aromatic nitrogens is 1. The smallest absolute Gasteiger partial charge is 0.0890 e. The largest absolute Gasteiger partial charge is 0.353 e. The highest BCUT2D eigenvalue weighted by atomic mass is 32.2. The first-order valence-electron chi connectivity index (χ1n) is 8.48. The van der Waals surface area contributed by atoms with E-state index >= 15 is 0 Å². The van der Waals surface area contributed by atoms with Gasteiger partial charge in [0.25, 0.3) is 0 Å². The number of rotatable bonds is 2. The van der Waals surface area contributed by atoms with Crippen LogP contribution in [0.4, 0.5) is 0 Å². The molecule has 1 N–H and O–H groups in total. The number of nitrogens with zero attached hydrogens (tertiary/aromatic N) is 2. The van der Waals surface area contributed by atoms with Crippen LogP contribution in [0.3, 0.4) is 0 Å². The average molecular weight is 347 g/mol. The number of hydrogen-bond acceptors (Lipinski definition) is 3. The zero-order chi connectivity index (χ0) is 17.4.